The van der Waals surface area contributed by atoms with E-state index < -0.39 is 0 Å². The largest absolute Gasteiger partial charge is 0.463 e. The lowest BCUT2D eigenvalue weighted by molar-refractivity contribution is -0.139. The van der Waals surface area contributed by atoms with Crippen molar-refractivity contribution >= 4 is 19.5 Å². The molecule has 2 aliphatic rings. The zero-order chi connectivity index (χ0) is 10.9. The third-order valence-electron chi connectivity index (χ3n) is 3.00. The monoisotopic (exact) mass is 226 g/mol. The van der Waals surface area contributed by atoms with Crippen LogP contribution in [0.1, 0.15) is 19.8 Å². The van der Waals surface area contributed by atoms with Crippen LogP contribution < -0.4 is 5.09 Å². The SMILES string of the molecule is C=C(C(=O)OCC)C1(CN[P+]2=CC2)CC1. The fraction of sp³-hybridized carbons (Fsp3) is 0.636. The van der Waals surface area contributed by atoms with Crippen molar-refractivity contribution in [3.05, 3.63) is 12.2 Å². The molecule has 1 heterocycles. The first-order valence-corrected chi connectivity index (χ1v) is 6.97. The molecule has 0 spiro atoms. The Bertz CT molecular complexity index is 331. The van der Waals surface area contributed by atoms with E-state index in [1.807, 2.05) is 6.92 Å². The van der Waals surface area contributed by atoms with Crippen molar-refractivity contribution in [2.24, 2.45) is 5.41 Å². The highest BCUT2D eigenvalue weighted by molar-refractivity contribution is 7.65. The van der Waals surface area contributed by atoms with Gasteiger partial charge in [0, 0.05) is 17.5 Å². The molecule has 0 aromatic heterocycles. The summed E-state index contributed by atoms with van der Waals surface area (Å²) in [7, 11) is 0.00504. The van der Waals surface area contributed by atoms with Crippen LogP contribution in [0, 0.1) is 5.41 Å². The summed E-state index contributed by atoms with van der Waals surface area (Å²) in [5, 5.41) is 3.48. The molecule has 15 heavy (non-hydrogen) atoms. The number of esters is 1. The van der Waals surface area contributed by atoms with Crippen LogP contribution in [0.5, 0.6) is 0 Å². The maximum atomic E-state index is 11.5. The van der Waals surface area contributed by atoms with E-state index in [0.29, 0.717) is 12.2 Å². The molecule has 1 aliphatic carbocycles. The van der Waals surface area contributed by atoms with Crippen LogP contribution in [-0.2, 0) is 9.53 Å². The second-order valence-corrected chi connectivity index (χ2v) is 6.14. The molecule has 0 bridgehead atoms. The van der Waals surface area contributed by atoms with Crippen LogP contribution in [0.4, 0.5) is 0 Å². The third kappa shape index (κ3) is 2.47. The van der Waals surface area contributed by atoms with Gasteiger partial charge in [-0.1, -0.05) is 6.58 Å². The molecule has 2 rings (SSSR count). The van der Waals surface area contributed by atoms with Gasteiger partial charge in [-0.2, -0.15) is 0 Å². The highest BCUT2D eigenvalue weighted by Crippen LogP contribution is 2.52. The molecular formula is C11H17NO2P+. The predicted octanol–water partition coefficient (Wildman–Crippen LogP) is 1.69. The molecule has 4 heteroatoms. The average Bonchev–Trinajstić information content (AvgIpc) is 3.09. The number of nitrogens with one attached hydrogen (secondary N) is 1. The van der Waals surface area contributed by atoms with E-state index in [0.717, 1.165) is 19.4 Å². The van der Waals surface area contributed by atoms with Crippen molar-refractivity contribution in [1.29, 1.82) is 0 Å². The first-order chi connectivity index (χ1) is 7.18. The molecule has 0 aromatic rings. The predicted molar refractivity (Wildman–Crippen MR) is 63.3 cm³/mol. The Hall–Kier alpha value is -0.660. The Morgan fingerprint density at radius 2 is 2.33 bits per heavy atom. The minimum Gasteiger partial charge on any atom is -0.463 e. The first kappa shape index (κ1) is 10.8. The molecule has 1 atom stereocenters. The zero-order valence-corrected chi connectivity index (χ0v) is 9.98. The fourth-order valence-electron chi connectivity index (χ4n) is 1.59. The van der Waals surface area contributed by atoms with Gasteiger partial charge in [-0.25, -0.2) is 4.79 Å². The molecule has 0 saturated heterocycles. The van der Waals surface area contributed by atoms with Crippen LogP contribution in [-0.4, -0.2) is 31.1 Å². The summed E-state index contributed by atoms with van der Waals surface area (Å²) in [6.07, 6.45) is 3.36. The van der Waals surface area contributed by atoms with Crippen LogP contribution in [0.3, 0.4) is 0 Å². The van der Waals surface area contributed by atoms with Crippen molar-refractivity contribution in [1.82, 2.24) is 5.09 Å². The Morgan fingerprint density at radius 1 is 1.67 bits per heavy atom. The van der Waals surface area contributed by atoms with Gasteiger partial charge in [0.05, 0.1) is 6.61 Å². The van der Waals surface area contributed by atoms with Crippen molar-refractivity contribution in [3.63, 3.8) is 0 Å². The normalized spacial score (nSPS) is 22.9. The van der Waals surface area contributed by atoms with Gasteiger partial charge in [0.1, 0.15) is 0 Å². The van der Waals surface area contributed by atoms with Crippen molar-refractivity contribution in [3.8, 4) is 0 Å². The maximum absolute atomic E-state index is 11.5. The number of hydrogen-bond acceptors (Lipinski definition) is 3. The molecule has 0 amide bonds. The van der Waals surface area contributed by atoms with Crippen molar-refractivity contribution < 1.29 is 9.53 Å². The smallest absolute Gasteiger partial charge is 0.334 e. The van der Waals surface area contributed by atoms with E-state index >= 15 is 0 Å². The quantitative estimate of drug-likeness (QED) is 0.425. The van der Waals surface area contributed by atoms with Gasteiger partial charge in [-0.05, 0) is 19.8 Å². The molecular weight excluding hydrogens is 209 g/mol. The summed E-state index contributed by atoms with van der Waals surface area (Å²) in [6.45, 7) is 7.04. The number of ether oxygens (including phenoxy) is 1. The van der Waals surface area contributed by atoms with E-state index in [1.165, 1.54) is 6.16 Å². The van der Waals surface area contributed by atoms with Crippen LogP contribution in [0.25, 0.3) is 0 Å². The lowest BCUT2D eigenvalue weighted by Crippen LogP contribution is -2.24. The minimum absolute atomic E-state index is 0.00504. The molecule has 1 saturated carbocycles. The highest BCUT2D eigenvalue weighted by atomic mass is 31.1. The Kier molecular flexibility index (Phi) is 2.94. The van der Waals surface area contributed by atoms with E-state index in [2.05, 4.69) is 17.5 Å². The van der Waals surface area contributed by atoms with E-state index in [9.17, 15) is 4.79 Å². The summed E-state index contributed by atoms with van der Waals surface area (Å²) in [5.41, 5.74) is 0.680. The van der Waals surface area contributed by atoms with Crippen LogP contribution in [0.15, 0.2) is 12.2 Å². The Labute approximate surface area is 91.3 Å². The second kappa shape index (κ2) is 4.07. The van der Waals surface area contributed by atoms with E-state index in [-0.39, 0.29) is 19.1 Å². The van der Waals surface area contributed by atoms with Crippen molar-refractivity contribution in [2.75, 3.05) is 19.3 Å². The van der Waals surface area contributed by atoms with Gasteiger partial charge < -0.3 is 4.74 Å². The number of hydrogen-bond donors (Lipinski definition) is 1. The van der Waals surface area contributed by atoms with Gasteiger partial charge >= 0.3 is 5.97 Å². The molecule has 1 aliphatic heterocycles. The summed E-state index contributed by atoms with van der Waals surface area (Å²) in [5.74, 6) is 2.07. The van der Waals surface area contributed by atoms with Crippen LogP contribution >= 0.6 is 7.70 Å². The average molecular weight is 226 g/mol. The summed E-state index contributed by atoms with van der Waals surface area (Å²) in [6, 6.07) is 0. The van der Waals surface area contributed by atoms with Gasteiger partial charge in [-0.3, -0.25) is 0 Å². The standard InChI is InChI=1S/C11H17NO2P/c1-3-14-10(13)9(2)11(4-5-11)8-12-15-6-7-15/h6,12H,2-5,7-8H2,1H3/q+1. The highest BCUT2D eigenvalue weighted by Gasteiger charge is 2.49. The molecule has 1 N–H and O–H groups in total. The van der Waals surface area contributed by atoms with Gasteiger partial charge in [0.15, 0.2) is 19.7 Å². The summed E-state index contributed by atoms with van der Waals surface area (Å²) in [4.78, 5) is 11.5. The van der Waals surface area contributed by atoms with Crippen molar-refractivity contribution in [2.45, 2.75) is 19.8 Å². The van der Waals surface area contributed by atoms with Crippen LogP contribution in [0.2, 0.25) is 0 Å². The maximum Gasteiger partial charge on any atom is 0.334 e. The van der Waals surface area contributed by atoms with Gasteiger partial charge in [0.2, 0.25) is 0 Å². The number of rotatable bonds is 6. The molecule has 3 nitrogen and oxygen atoms in total. The van der Waals surface area contributed by atoms with Gasteiger partial charge in [-0.15, -0.1) is 5.09 Å². The second-order valence-electron chi connectivity index (χ2n) is 4.15. The molecule has 82 valence electrons. The Morgan fingerprint density at radius 3 is 2.80 bits per heavy atom. The summed E-state index contributed by atoms with van der Waals surface area (Å²) >= 11 is 0. The molecule has 0 radical (unpaired) electrons. The van der Waals surface area contributed by atoms with Gasteiger partial charge in [0.25, 0.3) is 0 Å². The first-order valence-electron chi connectivity index (χ1n) is 5.38. The molecule has 1 unspecified atom stereocenters. The van der Waals surface area contributed by atoms with E-state index in [1.54, 1.807) is 0 Å². The molecule has 0 aromatic carbocycles. The molecule has 1 fully saturated rings. The third-order valence-corrected chi connectivity index (χ3v) is 4.30. The lowest BCUT2D eigenvalue weighted by atomic mass is 9.98. The Balaban J connectivity index is 1.87. The van der Waals surface area contributed by atoms with E-state index in [4.69, 9.17) is 4.74 Å². The lowest BCUT2D eigenvalue weighted by Gasteiger charge is -2.14. The number of carbonyl (C=O) groups excluding carboxylic acids is 1. The number of carbonyl (C=O) groups is 1. The minimum atomic E-state index is -0.218. The topological polar surface area (TPSA) is 38.3 Å². The summed E-state index contributed by atoms with van der Waals surface area (Å²) < 4.78 is 4.98. The zero-order valence-electron chi connectivity index (χ0n) is 9.08. The fourth-order valence-corrected chi connectivity index (χ4v) is 2.68.